The minimum Gasteiger partial charge on any atom is -0.465 e. The zero-order chi connectivity index (χ0) is 69.2. The number of morpholine rings is 2. The molecular formula is C73H103N12O11+7. The highest BCUT2D eigenvalue weighted by Gasteiger charge is 2.29. The zero-order valence-corrected chi connectivity index (χ0v) is 57.1. The first kappa shape index (κ1) is 77.5. The predicted octanol–water partition coefficient (Wildman–Crippen LogP) is 6.22. The predicted molar refractivity (Wildman–Crippen MR) is 363 cm³/mol. The molecule has 514 valence electrons. The summed E-state index contributed by atoms with van der Waals surface area (Å²) in [4.78, 5) is 65.9. The van der Waals surface area contributed by atoms with E-state index >= 15 is 0 Å². The second-order valence-electron chi connectivity index (χ2n) is 23.6. The van der Waals surface area contributed by atoms with E-state index in [0.717, 1.165) is 98.0 Å². The Bertz CT molecular complexity index is 3370. The molecule has 0 aliphatic carbocycles. The zero-order valence-electron chi connectivity index (χ0n) is 57.1. The van der Waals surface area contributed by atoms with Crippen molar-refractivity contribution in [2.24, 2.45) is 11.7 Å². The maximum absolute atomic E-state index is 11.9. The fraction of sp³-hybridized carbons (Fsp3) is 0.397. The quantitative estimate of drug-likeness (QED) is 0.00562. The SMILES string of the molecule is C=C(C[n+]1ccc(NC(C)=O)cc1)OOCCCCOC(=O)CC[n+]1ccc(NC(C)=O)cc1.COC(=O)C[n+]1ccc(NC(C)=O)cc1.Cc1cc[n+](Cc2ccccc2)cc1.Cc1cccc[n+]1CCc1ccccc1.N[N+]1(CCCC[N+]2(N)CCOCC2)CCOCC1. The Balaban J connectivity index is 0.000000229. The largest absolute Gasteiger partial charge is 0.465 e. The Morgan fingerprint density at radius 2 is 0.958 bits per heavy atom. The van der Waals surface area contributed by atoms with Crippen LogP contribution in [-0.2, 0) is 91.8 Å². The molecule has 23 nitrogen and oxygen atoms in total. The van der Waals surface area contributed by atoms with E-state index in [1.54, 1.807) is 78.1 Å². The van der Waals surface area contributed by atoms with E-state index in [9.17, 15) is 24.0 Å². The number of anilines is 3. The maximum atomic E-state index is 11.9. The molecule has 0 bridgehead atoms. The molecule has 0 atom stereocenters. The fourth-order valence-corrected chi connectivity index (χ4v) is 9.75. The molecule has 96 heavy (non-hydrogen) atoms. The molecule has 2 saturated heterocycles. The van der Waals surface area contributed by atoms with Gasteiger partial charge in [-0.25, -0.2) is 27.7 Å². The summed E-state index contributed by atoms with van der Waals surface area (Å²) in [6, 6.07) is 42.2. The van der Waals surface area contributed by atoms with Gasteiger partial charge in [0, 0.05) is 113 Å². The number of aromatic nitrogens is 5. The molecule has 5 aromatic heterocycles. The number of quaternary nitrogens is 2. The highest BCUT2D eigenvalue weighted by molar-refractivity contribution is 5.89. The number of benzene rings is 2. The topological polar surface area (TPSA) is 248 Å². The number of nitrogens with one attached hydrogen (secondary N) is 3. The lowest BCUT2D eigenvalue weighted by molar-refractivity contribution is -0.952. The minimum atomic E-state index is -0.313. The van der Waals surface area contributed by atoms with Gasteiger partial charge in [-0.05, 0) is 30.9 Å². The van der Waals surface area contributed by atoms with Gasteiger partial charge in [0.2, 0.25) is 30.8 Å². The molecule has 7 aromatic rings. The summed E-state index contributed by atoms with van der Waals surface area (Å²) >= 11 is 0. The molecule has 7 heterocycles. The number of unbranched alkanes of at least 4 members (excludes halogenated alkanes) is 2. The number of rotatable bonds is 27. The van der Waals surface area contributed by atoms with Crippen molar-refractivity contribution < 1.29 is 84.7 Å². The summed E-state index contributed by atoms with van der Waals surface area (Å²) in [7, 11) is 1.34. The van der Waals surface area contributed by atoms with Crippen LogP contribution in [0.1, 0.15) is 75.3 Å². The van der Waals surface area contributed by atoms with Crippen molar-refractivity contribution >= 4 is 46.7 Å². The third-order valence-corrected chi connectivity index (χ3v) is 15.3. The van der Waals surface area contributed by atoms with Crippen LogP contribution in [0.25, 0.3) is 0 Å². The van der Waals surface area contributed by atoms with Crippen molar-refractivity contribution in [3.05, 3.63) is 218 Å². The number of methoxy groups -OCH3 is 1. The van der Waals surface area contributed by atoms with Gasteiger partial charge in [-0.15, -0.1) is 0 Å². The van der Waals surface area contributed by atoms with Gasteiger partial charge in [0.05, 0.1) is 76.9 Å². The lowest BCUT2D eigenvalue weighted by Crippen LogP contribution is -2.62. The van der Waals surface area contributed by atoms with E-state index in [1.165, 1.54) is 50.3 Å². The third kappa shape index (κ3) is 33.8. The molecule has 0 unspecified atom stereocenters. The number of allylic oxidation sites excluding steroid dienone is 1. The van der Waals surface area contributed by atoms with E-state index in [0.29, 0.717) is 71.2 Å². The number of carbonyl (C=O) groups is 5. The Hall–Kier alpha value is -9.20. The number of nitrogens with two attached hydrogens (primary N) is 2. The number of esters is 2. The minimum absolute atomic E-state index is 0.124. The maximum Gasteiger partial charge on any atom is 0.372 e. The monoisotopic (exact) mass is 1320 g/mol. The second kappa shape index (κ2) is 43.7. The first-order chi connectivity index (χ1) is 46.3. The van der Waals surface area contributed by atoms with Crippen molar-refractivity contribution in [2.45, 2.75) is 106 Å². The fourth-order valence-electron chi connectivity index (χ4n) is 9.75. The van der Waals surface area contributed by atoms with Crippen LogP contribution in [0.5, 0.6) is 0 Å². The van der Waals surface area contributed by atoms with Gasteiger partial charge >= 0.3 is 11.9 Å². The molecule has 3 amide bonds. The van der Waals surface area contributed by atoms with E-state index in [-0.39, 0.29) is 42.6 Å². The van der Waals surface area contributed by atoms with E-state index in [4.69, 9.17) is 35.7 Å². The number of aryl methyl sites for hydroxylation is 5. The van der Waals surface area contributed by atoms with E-state index in [2.05, 4.69) is 154 Å². The van der Waals surface area contributed by atoms with Gasteiger partial charge < -0.3 is 39.8 Å². The van der Waals surface area contributed by atoms with Crippen LogP contribution >= 0.6 is 0 Å². The van der Waals surface area contributed by atoms with Crippen molar-refractivity contribution in [3.63, 3.8) is 0 Å². The van der Waals surface area contributed by atoms with Gasteiger partial charge in [0.1, 0.15) is 32.6 Å². The summed E-state index contributed by atoms with van der Waals surface area (Å²) in [6.45, 7) is 25.2. The van der Waals surface area contributed by atoms with Crippen LogP contribution < -0.4 is 50.5 Å². The molecule has 23 heteroatoms. The molecule has 2 aliphatic heterocycles. The lowest BCUT2D eigenvalue weighted by Gasteiger charge is -2.37. The van der Waals surface area contributed by atoms with Crippen molar-refractivity contribution in [2.75, 3.05) is 102 Å². The first-order valence-corrected chi connectivity index (χ1v) is 32.7. The Kier molecular flexibility index (Phi) is 35.3. The van der Waals surface area contributed by atoms with Crippen molar-refractivity contribution in [1.82, 2.24) is 0 Å². The summed E-state index contributed by atoms with van der Waals surface area (Å²) < 4.78 is 31.6. The van der Waals surface area contributed by atoms with Crippen LogP contribution in [0.3, 0.4) is 0 Å². The Morgan fingerprint density at radius 3 is 1.44 bits per heavy atom. The van der Waals surface area contributed by atoms with Crippen LogP contribution in [-0.4, -0.2) is 125 Å². The number of nitrogens with zero attached hydrogens (tertiary/aromatic N) is 7. The molecular weight excluding hydrogens is 1220 g/mol. The summed E-state index contributed by atoms with van der Waals surface area (Å²) in [5, 5.41) is 8.02. The number of ether oxygens (including phenoxy) is 4. The van der Waals surface area contributed by atoms with Gasteiger partial charge in [-0.3, -0.25) is 19.2 Å². The molecule has 7 N–H and O–H groups in total. The highest BCUT2D eigenvalue weighted by Crippen LogP contribution is 2.12. The number of pyridine rings is 5. The average Bonchev–Trinajstić information content (AvgIpc) is 1.30. The van der Waals surface area contributed by atoms with Gasteiger partial charge in [0.15, 0.2) is 86.9 Å². The van der Waals surface area contributed by atoms with E-state index in [1.807, 2.05) is 15.2 Å². The van der Waals surface area contributed by atoms with Crippen molar-refractivity contribution in [1.29, 1.82) is 0 Å². The molecule has 0 saturated carbocycles. The summed E-state index contributed by atoms with van der Waals surface area (Å²) in [5.41, 5.74) is 7.46. The average molecular weight is 1320 g/mol. The number of carbonyl (C=O) groups excluding carboxylic acids is 5. The van der Waals surface area contributed by atoms with Crippen LogP contribution in [0.2, 0.25) is 0 Å². The van der Waals surface area contributed by atoms with Crippen LogP contribution in [0.15, 0.2) is 196 Å². The summed E-state index contributed by atoms with van der Waals surface area (Å²) in [5.74, 6) is 12.1. The van der Waals surface area contributed by atoms with Crippen LogP contribution in [0.4, 0.5) is 17.1 Å². The molecule has 2 fully saturated rings. The Labute approximate surface area is 566 Å². The van der Waals surface area contributed by atoms with Gasteiger partial charge in [-0.2, -0.15) is 25.7 Å². The normalized spacial score (nSPS) is 13.2. The standard InChI is InChI=1S/C24H30N4O6.C14H16N.C13H14N.C12H28N4O2.C10H12N2O3/c1-19(18-28-13-8-23(9-14-28)26-21(3)30)34-33-17-5-4-16-32-24(31)10-15-27-11-6-22(7-12-27)25-20(2)29;1-13-7-5-6-11-15(13)12-10-14-8-3-2-4-9-14;1-12-7-9-14(10-8-12)11-13-5-3-2-4-6-13;13-15(5-9-17-10-6-15)3-1-2-4-16(14)7-11-18-12-8-16;1-8(13)11-9-3-5-12(6-4-9)7-10(14)15-2/h6-9,11-14H,1,4-5,10,15-18H2,2-3H3;2-9,11H,10,12H2,1H3;2-10H,11H2,1H3;1-14H2;3-6H,7H2,1-2H3/q;2*+1;+2;/p+3. The molecule has 2 aliphatic rings. The molecule has 2 aromatic carbocycles. The first-order valence-electron chi connectivity index (χ1n) is 32.7. The third-order valence-electron chi connectivity index (χ3n) is 15.3. The van der Waals surface area contributed by atoms with Crippen molar-refractivity contribution in [3.8, 4) is 0 Å². The molecule has 9 rings (SSSR count). The number of hydrogen-bond acceptors (Lipinski definition) is 13. The van der Waals surface area contributed by atoms with Gasteiger partial charge in [0.25, 0.3) is 0 Å². The van der Waals surface area contributed by atoms with Crippen LogP contribution in [0, 0.1) is 13.8 Å². The molecule has 0 radical (unpaired) electrons. The molecule has 0 spiro atoms. The second-order valence-corrected chi connectivity index (χ2v) is 23.6. The van der Waals surface area contributed by atoms with Gasteiger partial charge in [-0.1, -0.05) is 73.3 Å². The Morgan fingerprint density at radius 1 is 0.510 bits per heavy atom. The lowest BCUT2D eigenvalue weighted by atomic mass is 10.1. The highest BCUT2D eigenvalue weighted by atomic mass is 17.2. The smallest absolute Gasteiger partial charge is 0.372 e. The summed E-state index contributed by atoms with van der Waals surface area (Å²) in [6.07, 6.45) is 21.9. The number of amides is 3. The number of hydrogen-bond donors (Lipinski definition) is 5. The van der Waals surface area contributed by atoms with E-state index < -0.39 is 0 Å².